The van der Waals surface area contributed by atoms with Crippen LogP contribution in [0.5, 0.6) is 0 Å². The van der Waals surface area contributed by atoms with Crippen LogP contribution in [-0.2, 0) is 4.79 Å². The number of anilines is 1. The SMILES string of the molecule is O=C1CC(CN2CC(n3cccn3)C2)CN1c1ccccc1. The van der Waals surface area contributed by atoms with Crippen LogP contribution in [-0.4, -0.2) is 46.8 Å². The molecular weight excluding hydrogens is 276 g/mol. The minimum Gasteiger partial charge on any atom is -0.312 e. The van der Waals surface area contributed by atoms with Gasteiger partial charge in [0, 0.05) is 50.7 Å². The summed E-state index contributed by atoms with van der Waals surface area (Å²) in [5.41, 5.74) is 1.02. The topological polar surface area (TPSA) is 41.4 Å². The molecule has 1 aromatic heterocycles. The highest BCUT2D eigenvalue weighted by Crippen LogP contribution is 2.28. The van der Waals surface area contributed by atoms with E-state index >= 15 is 0 Å². The summed E-state index contributed by atoms with van der Waals surface area (Å²) in [4.78, 5) is 16.6. The number of carbonyl (C=O) groups is 1. The van der Waals surface area contributed by atoms with Crippen LogP contribution in [0.15, 0.2) is 48.8 Å². The molecule has 114 valence electrons. The zero-order valence-electron chi connectivity index (χ0n) is 12.5. The van der Waals surface area contributed by atoms with Crippen LogP contribution in [0.2, 0.25) is 0 Å². The molecule has 4 rings (SSSR count). The number of para-hydroxylation sites is 1. The van der Waals surface area contributed by atoms with E-state index in [1.54, 1.807) is 0 Å². The molecule has 3 heterocycles. The van der Waals surface area contributed by atoms with Crippen molar-refractivity contribution in [2.24, 2.45) is 5.92 Å². The fraction of sp³-hybridized carbons (Fsp3) is 0.412. The zero-order chi connectivity index (χ0) is 14.9. The second-order valence-corrected chi connectivity index (χ2v) is 6.27. The summed E-state index contributed by atoms with van der Waals surface area (Å²) in [6, 6.07) is 12.4. The number of aromatic nitrogens is 2. The van der Waals surface area contributed by atoms with Crippen molar-refractivity contribution in [3.63, 3.8) is 0 Å². The van der Waals surface area contributed by atoms with Gasteiger partial charge in [0.05, 0.1) is 6.04 Å². The maximum Gasteiger partial charge on any atom is 0.227 e. The van der Waals surface area contributed by atoms with Crippen molar-refractivity contribution in [3.8, 4) is 0 Å². The molecule has 5 heteroatoms. The number of carbonyl (C=O) groups excluding carboxylic acids is 1. The Morgan fingerprint density at radius 2 is 1.91 bits per heavy atom. The lowest BCUT2D eigenvalue weighted by molar-refractivity contribution is -0.117. The third kappa shape index (κ3) is 2.52. The lowest BCUT2D eigenvalue weighted by Crippen LogP contribution is -2.49. The lowest BCUT2D eigenvalue weighted by Gasteiger charge is -2.40. The van der Waals surface area contributed by atoms with Crippen molar-refractivity contribution >= 4 is 11.6 Å². The third-order valence-electron chi connectivity index (χ3n) is 4.63. The molecule has 0 saturated carbocycles. The van der Waals surface area contributed by atoms with Crippen LogP contribution in [0.1, 0.15) is 12.5 Å². The highest BCUT2D eigenvalue weighted by atomic mass is 16.2. The molecule has 2 aromatic rings. The molecule has 5 nitrogen and oxygen atoms in total. The third-order valence-corrected chi connectivity index (χ3v) is 4.63. The molecule has 2 fully saturated rings. The summed E-state index contributed by atoms with van der Waals surface area (Å²) in [5.74, 6) is 0.687. The minimum absolute atomic E-state index is 0.250. The summed E-state index contributed by atoms with van der Waals surface area (Å²) in [6.45, 7) is 3.92. The molecule has 0 bridgehead atoms. The van der Waals surface area contributed by atoms with Gasteiger partial charge < -0.3 is 4.90 Å². The highest BCUT2D eigenvalue weighted by Gasteiger charge is 2.35. The first-order valence-electron chi connectivity index (χ1n) is 7.86. The fourth-order valence-electron chi connectivity index (χ4n) is 3.48. The fourth-order valence-corrected chi connectivity index (χ4v) is 3.48. The molecule has 0 N–H and O–H groups in total. The number of hydrogen-bond donors (Lipinski definition) is 0. The molecule has 22 heavy (non-hydrogen) atoms. The van der Waals surface area contributed by atoms with Gasteiger partial charge in [0.2, 0.25) is 5.91 Å². The Balaban J connectivity index is 1.31. The molecule has 0 spiro atoms. The maximum absolute atomic E-state index is 12.2. The molecule has 1 amide bonds. The largest absolute Gasteiger partial charge is 0.312 e. The Morgan fingerprint density at radius 3 is 2.64 bits per heavy atom. The van der Waals surface area contributed by atoms with Crippen LogP contribution < -0.4 is 4.90 Å². The van der Waals surface area contributed by atoms with E-state index in [1.807, 2.05) is 58.4 Å². The average molecular weight is 296 g/mol. The summed E-state index contributed by atoms with van der Waals surface area (Å²) < 4.78 is 2.03. The molecule has 1 atom stereocenters. The summed E-state index contributed by atoms with van der Waals surface area (Å²) >= 11 is 0. The van der Waals surface area contributed by atoms with Gasteiger partial charge in [0.15, 0.2) is 0 Å². The Kier molecular flexibility index (Phi) is 3.42. The number of rotatable bonds is 4. The molecule has 1 unspecified atom stereocenters. The molecule has 2 saturated heterocycles. The van der Waals surface area contributed by atoms with Gasteiger partial charge in [0.25, 0.3) is 0 Å². The van der Waals surface area contributed by atoms with Gasteiger partial charge in [-0.1, -0.05) is 18.2 Å². The van der Waals surface area contributed by atoms with E-state index in [4.69, 9.17) is 0 Å². The van der Waals surface area contributed by atoms with E-state index in [-0.39, 0.29) is 5.91 Å². The van der Waals surface area contributed by atoms with Crippen molar-refractivity contribution in [1.82, 2.24) is 14.7 Å². The van der Waals surface area contributed by atoms with Gasteiger partial charge >= 0.3 is 0 Å². The maximum atomic E-state index is 12.2. The first-order valence-corrected chi connectivity index (χ1v) is 7.86. The molecule has 2 aliphatic heterocycles. The Bertz CT molecular complexity index is 634. The van der Waals surface area contributed by atoms with E-state index in [9.17, 15) is 4.79 Å². The van der Waals surface area contributed by atoms with E-state index in [2.05, 4.69) is 10.00 Å². The Morgan fingerprint density at radius 1 is 1.09 bits per heavy atom. The van der Waals surface area contributed by atoms with Crippen molar-refractivity contribution in [2.45, 2.75) is 12.5 Å². The van der Waals surface area contributed by atoms with Gasteiger partial charge in [-0.3, -0.25) is 14.4 Å². The van der Waals surface area contributed by atoms with Gasteiger partial charge in [-0.15, -0.1) is 0 Å². The van der Waals surface area contributed by atoms with E-state index < -0.39 is 0 Å². The van der Waals surface area contributed by atoms with Gasteiger partial charge in [-0.25, -0.2) is 0 Å². The standard InChI is InChI=1S/C17H20N4O/c22-17-9-14(11-20(17)15-5-2-1-3-6-15)10-19-12-16(13-19)21-8-4-7-18-21/h1-8,14,16H,9-13H2. The quantitative estimate of drug-likeness (QED) is 0.864. The van der Waals surface area contributed by atoms with Crippen LogP contribution in [0.4, 0.5) is 5.69 Å². The van der Waals surface area contributed by atoms with Crippen LogP contribution >= 0.6 is 0 Å². The van der Waals surface area contributed by atoms with Gasteiger partial charge in [0.1, 0.15) is 0 Å². The predicted molar refractivity (Wildman–Crippen MR) is 84.6 cm³/mol. The van der Waals surface area contributed by atoms with Crippen LogP contribution in [0.25, 0.3) is 0 Å². The smallest absolute Gasteiger partial charge is 0.227 e. The minimum atomic E-state index is 0.250. The molecular formula is C17H20N4O. The van der Waals surface area contributed by atoms with Crippen LogP contribution in [0.3, 0.4) is 0 Å². The van der Waals surface area contributed by atoms with Crippen molar-refractivity contribution in [2.75, 3.05) is 31.1 Å². The van der Waals surface area contributed by atoms with Gasteiger partial charge in [-0.2, -0.15) is 5.10 Å². The molecule has 0 radical (unpaired) electrons. The van der Waals surface area contributed by atoms with E-state index in [0.29, 0.717) is 18.4 Å². The number of likely N-dealkylation sites (tertiary alicyclic amines) is 1. The van der Waals surface area contributed by atoms with Crippen molar-refractivity contribution in [1.29, 1.82) is 0 Å². The van der Waals surface area contributed by atoms with Gasteiger partial charge in [-0.05, 0) is 24.1 Å². The Hall–Kier alpha value is -2.14. The highest BCUT2D eigenvalue weighted by molar-refractivity contribution is 5.95. The number of benzene rings is 1. The zero-order valence-corrected chi connectivity index (χ0v) is 12.5. The number of amides is 1. The number of hydrogen-bond acceptors (Lipinski definition) is 3. The predicted octanol–water partition coefficient (Wildman–Crippen LogP) is 1.79. The number of nitrogens with zero attached hydrogens (tertiary/aromatic N) is 4. The summed E-state index contributed by atoms with van der Waals surface area (Å²) in [5, 5.41) is 4.30. The van der Waals surface area contributed by atoms with Crippen molar-refractivity contribution in [3.05, 3.63) is 48.8 Å². The molecule has 0 aliphatic carbocycles. The summed E-state index contributed by atoms with van der Waals surface area (Å²) in [7, 11) is 0. The Labute approximate surface area is 130 Å². The second kappa shape index (κ2) is 5.57. The van der Waals surface area contributed by atoms with E-state index in [1.165, 1.54) is 0 Å². The van der Waals surface area contributed by atoms with Crippen LogP contribution in [0, 0.1) is 5.92 Å². The average Bonchev–Trinajstić information content (AvgIpc) is 3.13. The first-order chi connectivity index (χ1) is 10.8. The monoisotopic (exact) mass is 296 g/mol. The van der Waals surface area contributed by atoms with Crippen molar-refractivity contribution < 1.29 is 4.79 Å². The molecule has 2 aliphatic rings. The molecule has 1 aromatic carbocycles. The second-order valence-electron chi connectivity index (χ2n) is 6.27. The summed E-state index contributed by atoms with van der Waals surface area (Å²) in [6.07, 6.45) is 4.52. The first kappa shape index (κ1) is 13.5. The lowest BCUT2D eigenvalue weighted by atomic mass is 10.0. The van der Waals surface area contributed by atoms with E-state index in [0.717, 1.165) is 31.9 Å². The normalized spacial score (nSPS) is 23.0.